The molecule has 2 N–H and O–H groups in total. The van der Waals surface area contributed by atoms with E-state index in [2.05, 4.69) is 61.1 Å². The average molecular weight is 379 g/mol. The van der Waals surface area contributed by atoms with Crippen LogP contribution >= 0.6 is 0 Å². The first-order chi connectivity index (χ1) is 13.4. The maximum atomic E-state index is 5.43. The van der Waals surface area contributed by atoms with E-state index in [0.29, 0.717) is 11.8 Å². The van der Waals surface area contributed by atoms with Crippen molar-refractivity contribution in [3.05, 3.63) is 65.1 Å². The van der Waals surface area contributed by atoms with Gasteiger partial charge in [0.1, 0.15) is 0 Å². The minimum atomic E-state index is 0.414. The molecular formula is C25H34N2O. The van der Waals surface area contributed by atoms with Crippen molar-refractivity contribution in [2.45, 2.75) is 52.4 Å². The molecule has 0 saturated carbocycles. The van der Waals surface area contributed by atoms with Gasteiger partial charge in [-0.05, 0) is 81.0 Å². The summed E-state index contributed by atoms with van der Waals surface area (Å²) < 4.78 is 5.43. The molecule has 2 heterocycles. The number of rotatable bonds is 6. The first kappa shape index (κ1) is 20.5. The Bertz CT molecular complexity index is 908. The van der Waals surface area contributed by atoms with Crippen molar-refractivity contribution in [3.8, 4) is 0 Å². The van der Waals surface area contributed by atoms with Gasteiger partial charge in [0.05, 0.1) is 18.6 Å². The lowest BCUT2D eigenvalue weighted by Crippen LogP contribution is -2.26. The Morgan fingerprint density at radius 1 is 1.18 bits per heavy atom. The van der Waals surface area contributed by atoms with E-state index < -0.39 is 0 Å². The van der Waals surface area contributed by atoms with Crippen molar-refractivity contribution in [1.29, 1.82) is 0 Å². The van der Waals surface area contributed by atoms with E-state index in [1.807, 2.05) is 13.8 Å². The van der Waals surface area contributed by atoms with E-state index in [4.69, 9.17) is 4.74 Å². The van der Waals surface area contributed by atoms with Gasteiger partial charge in [-0.1, -0.05) is 38.1 Å². The Labute approximate surface area is 169 Å². The van der Waals surface area contributed by atoms with Crippen LogP contribution in [0.2, 0.25) is 0 Å². The van der Waals surface area contributed by atoms with Crippen LogP contribution in [0.25, 0.3) is 16.5 Å². The summed E-state index contributed by atoms with van der Waals surface area (Å²) in [5.74, 6) is 1.96. The second kappa shape index (κ2) is 8.83. The summed E-state index contributed by atoms with van der Waals surface area (Å²) in [5, 5.41) is 4.82. The van der Waals surface area contributed by atoms with Crippen LogP contribution in [0.3, 0.4) is 0 Å². The summed E-state index contributed by atoms with van der Waals surface area (Å²) in [5.41, 5.74) is 7.36. The quantitative estimate of drug-likeness (QED) is 0.459. The zero-order chi connectivity index (χ0) is 20.3. The third kappa shape index (κ3) is 4.41. The minimum absolute atomic E-state index is 0.414. The number of benzene rings is 1. The van der Waals surface area contributed by atoms with Crippen LogP contribution in [-0.4, -0.2) is 25.2 Å². The molecule has 3 nitrogen and oxygen atoms in total. The minimum Gasteiger partial charge on any atom is -0.501 e. The van der Waals surface area contributed by atoms with Crippen molar-refractivity contribution >= 4 is 16.5 Å². The molecule has 1 aliphatic rings. The zero-order valence-corrected chi connectivity index (χ0v) is 18.0. The predicted octanol–water partition coefficient (Wildman–Crippen LogP) is 6.27. The maximum absolute atomic E-state index is 5.43. The number of methoxy groups -OCH3 is 1. The van der Waals surface area contributed by atoms with Gasteiger partial charge in [-0.2, -0.15) is 0 Å². The van der Waals surface area contributed by atoms with Gasteiger partial charge >= 0.3 is 0 Å². The second-order valence-corrected chi connectivity index (χ2v) is 8.30. The fourth-order valence-corrected chi connectivity index (χ4v) is 4.20. The molecule has 2 aromatic rings. The normalized spacial score (nSPS) is 16.8. The molecule has 0 spiro atoms. The van der Waals surface area contributed by atoms with Crippen LogP contribution in [0, 0.1) is 0 Å². The van der Waals surface area contributed by atoms with Crippen LogP contribution in [0.5, 0.6) is 0 Å². The number of H-pyrrole nitrogens is 1. The van der Waals surface area contributed by atoms with Crippen LogP contribution in [0.4, 0.5) is 0 Å². The van der Waals surface area contributed by atoms with Crippen LogP contribution in [0.15, 0.2) is 48.3 Å². The monoisotopic (exact) mass is 378 g/mol. The smallest absolute Gasteiger partial charge is 0.0931 e. The lowest BCUT2D eigenvalue weighted by atomic mass is 9.88. The molecule has 1 aromatic carbocycles. The third-order valence-electron chi connectivity index (χ3n) is 5.62. The highest BCUT2D eigenvalue weighted by Crippen LogP contribution is 2.37. The molecule has 0 atom stereocenters. The Morgan fingerprint density at radius 2 is 1.89 bits per heavy atom. The van der Waals surface area contributed by atoms with Crippen LogP contribution in [-0.2, 0) is 4.74 Å². The van der Waals surface area contributed by atoms with Gasteiger partial charge < -0.3 is 15.0 Å². The topological polar surface area (TPSA) is 37.0 Å². The standard InChI is InChI=1S/C25H34N2O/c1-16(2)13-21(14-18(5)28-6)25-24(17(3)4)22-15-20(7-8-23(22)27-25)19-9-11-26-12-10-19/h7-8,13-15,17,19,26-27H,1,9-12H2,2-6H3/b18-14+,21-13+. The van der Waals surface area contributed by atoms with Gasteiger partial charge in [0.2, 0.25) is 0 Å². The molecule has 0 bridgehead atoms. The van der Waals surface area contributed by atoms with E-state index in [-0.39, 0.29) is 0 Å². The van der Waals surface area contributed by atoms with Gasteiger partial charge in [0.15, 0.2) is 0 Å². The Hall–Kier alpha value is -2.26. The van der Waals surface area contributed by atoms with Crippen LogP contribution in [0.1, 0.15) is 69.2 Å². The lowest BCUT2D eigenvalue weighted by molar-refractivity contribution is 0.294. The van der Waals surface area contributed by atoms with Crippen molar-refractivity contribution in [3.63, 3.8) is 0 Å². The first-order valence-corrected chi connectivity index (χ1v) is 10.4. The number of ether oxygens (including phenoxy) is 1. The van der Waals surface area contributed by atoms with E-state index in [1.54, 1.807) is 7.11 Å². The summed E-state index contributed by atoms with van der Waals surface area (Å²) in [6.07, 6.45) is 6.67. The Balaban J connectivity index is 2.16. The first-order valence-electron chi connectivity index (χ1n) is 10.4. The van der Waals surface area contributed by atoms with Crippen molar-refractivity contribution < 1.29 is 4.74 Å². The van der Waals surface area contributed by atoms with Gasteiger partial charge in [-0.25, -0.2) is 0 Å². The number of nitrogens with one attached hydrogen (secondary N) is 2. The second-order valence-electron chi connectivity index (χ2n) is 8.30. The molecule has 1 aromatic heterocycles. The number of aromatic nitrogens is 1. The number of piperidine rings is 1. The highest BCUT2D eigenvalue weighted by molar-refractivity contribution is 5.92. The van der Waals surface area contributed by atoms with Gasteiger partial charge in [-0.15, -0.1) is 0 Å². The number of fused-ring (bicyclic) bond motifs is 1. The number of hydrogen-bond acceptors (Lipinski definition) is 2. The molecule has 1 saturated heterocycles. The molecular weight excluding hydrogens is 344 g/mol. The molecule has 1 aliphatic heterocycles. The largest absolute Gasteiger partial charge is 0.501 e. The molecule has 0 radical (unpaired) electrons. The highest BCUT2D eigenvalue weighted by atomic mass is 16.5. The number of allylic oxidation sites excluding steroid dienone is 5. The predicted molar refractivity (Wildman–Crippen MR) is 121 cm³/mol. The molecule has 28 heavy (non-hydrogen) atoms. The third-order valence-corrected chi connectivity index (χ3v) is 5.62. The Morgan fingerprint density at radius 3 is 2.50 bits per heavy atom. The fourth-order valence-electron chi connectivity index (χ4n) is 4.20. The summed E-state index contributed by atoms with van der Waals surface area (Å²) in [4.78, 5) is 3.69. The average Bonchev–Trinajstić information content (AvgIpc) is 3.06. The van der Waals surface area contributed by atoms with E-state index in [0.717, 1.165) is 30.0 Å². The molecule has 150 valence electrons. The molecule has 0 aliphatic carbocycles. The number of aromatic amines is 1. The zero-order valence-electron chi connectivity index (χ0n) is 18.0. The lowest BCUT2D eigenvalue weighted by Gasteiger charge is -2.23. The fraction of sp³-hybridized carbons (Fsp3) is 0.440. The van der Waals surface area contributed by atoms with E-state index in [1.165, 1.54) is 40.6 Å². The summed E-state index contributed by atoms with van der Waals surface area (Å²) in [7, 11) is 1.71. The van der Waals surface area contributed by atoms with Gasteiger partial charge in [0, 0.05) is 16.5 Å². The van der Waals surface area contributed by atoms with Gasteiger partial charge in [-0.3, -0.25) is 0 Å². The summed E-state index contributed by atoms with van der Waals surface area (Å²) >= 11 is 0. The molecule has 0 unspecified atom stereocenters. The number of hydrogen-bond donors (Lipinski definition) is 2. The summed E-state index contributed by atoms with van der Waals surface area (Å²) in [6.45, 7) is 14.9. The highest BCUT2D eigenvalue weighted by Gasteiger charge is 2.20. The van der Waals surface area contributed by atoms with E-state index in [9.17, 15) is 0 Å². The molecule has 3 rings (SSSR count). The van der Waals surface area contributed by atoms with Crippen molar-refractivity contribution in [2.75, 3.05) is 20.2 Å². The maximum Gasteiger partial charge on any atom is 0.0931 e. The summed E-state index contributed by atoms with van der Waals surface area (Å²) in [6, 6.07) is 6.99. The van der Waals surface area contributed by atoms with Crippen molar-refractivity contribution in [1.82, 2.24) is 10.3 Å². The van der Waals surface area contributed by atoms with E-state index >= 15 is 0 Å². The SMILES string of the molecule is C=C(C)/C=C(\C=C(/C)OC)c1[nH]c2ccc(C3CCNCC3)cc2c1C(C)C. The van der Waals surface area contributed by atoms with Crippen molar-refractivity contribution in [2.24, 2.45) is 0 Å². The van der Waals surface area contributed by atoms with Gasteiger partial charge in [0.25, 0.3) is 0 Å². The van der Waals surface area contributed by atoms with Crippen LogP contribution < -0.4 is 5.32 Å². The Kier molecular flexibility index (Phi) is 6.46. The molecule has 3 heteroatoms. The molecule has 1 fully saturated rings. The molecule has 0 amide bonds.